The number of amides is 3. The molecule has 0 saturated carbocycles. The predicted octanol–water partition coefficient (Wildman–Crippen LogP) is 5.04. The van der Waals surface area contributed by atoms with Gasteiger partial charge >= 0.3 is 6.03 Å². The molecule has 1 aliphatic heterocycles. The van der Waals surface area contributed by atoms with E-state index in [1.807, 2.05) is 43.3 Å². The number of anilines is 3. The van der Waals surface area contributed by atoms with Crippen LogP contribution >= 0.6 is 0 Å². The van der Waals surface area contributed by atoms with Crippen molar-refractivity contribution in [3.05, 3.63) is 53.6 Å². The number of carbonyl (C=O) groups is 2. The van der Waals surface area contributed by atoms with Crippen LogP contribution in [0.2, 0.25) is 0 Å². The molecule has 0 aliphatic carbocycles. The van der Waals surface area contributed by atoms with Crippen LogP contribution in [0.1, 0.15) is 55.5 Å². The first-order valence-electron chi connectivity index (χ1n) is 12.0. The van der Waals surface area contributed by atoms with Gasteiger partial charge in [0.15, 0.2) is 0 Å². The van der Waals surface area contributed by atoms with Crippen molar-refractivity contribution < 1.29 is 14.3 Å². The maximum Gasteiger partial charge on any atom is 0.323 e. The lowest BCUT2D eigenvalue weighted by Gasteiger charge is -2.30. The van der Waals surface area contributed by atoms with Crippen LogP contribution in [0.15, 0.2) is 42.5 Å². The molecule has 178 valence electrons. The second-order valence-corrected chi connectivity index (χ2v) is 8.22. The lowest BCUT2D eigenvalue weighted by atomic mass is 10.1. The van der Waals surface area contributed by atoms with E-state index in [1.165, 1.54) is 6.42 Å². The number of ether oxygens (including phenoxy) is 1. The Morgan fingerprint density at radius 2 is 1.73 bits per heavy atom. The minimum atomic E-state index is -0.336. The average molecular weight is 453 g/mol. The summed E-state index contributed by atoms with van der Waals surface area (Å²) in [6.45, 7) is 7.74. The van der Waals surface area contributed by atoms with E-state index in [-0.39, 0.29) is 11.9 Å². The van der Waals surface area contributed by atoms with E-state index in [9.17, 15) is 9.59 Å². The molecular weight excluding hydrogens is 416 g/mol. The maximum absolute atomic E-state index is 13.0. The summed E-state index contributed by atoms with van der Waals surface area (Å²) in [6.07, 6.45) is 5.12. The van der Waals surface area contributed by atoms with Gasteiger partial charge in [-0.25, -0.2) is 4.79 Å². The van der Waals surface area contributed by atoms with Crippen molar-refractivity contribution in [1.82, 2.24) is 5.32 Å². The summed E-state index contributed by atoms with van der Waals surface area (Å²) in [7, 11) is 0. The highest BCUT2D eigenvalue weighted by Gasteiger charge is 2.19. The zero-order chi connectivity index (χ0) is 23.5. The molecular formula is C26H36N4O3. The Balaban J connectivity index is 1.71. The van der Waals surface area contributed by atoms with Crippen LogP contribution in [0, 0.1) is 0 Å². The molecule has 1 heterocycles. The fraction of sp³-hybridized carbons (Fsp3) is 0.462. The van der Waals surface area contributed by atoms with E-state index in [1.54, 1.807) is 6.07 Å². The van der Waals surface area contributed by atoms with Crippen molar-refractivity contribution in [3.63, 3.8) is 0 Å². The lowest BCUT2D eigenvalue weighted by Crippen LogP contribution is -2.33. The monoisotopic (exact) mass is 452 g/mol. The quantitative estimate of drug-likeness (QED) is 0.441. The largest absolute Gasteiger partial charge is 0.382 e. The number of piperidine rings is 1. The zero-order valence-electron chi connectivity index (χ0n) is 19.8. The topological polar surface area (TPSA) is 82.7 Å². The third-order valence-electron chi connectivity index (χ3n) is 5.74. The number of benzene rings is 2. The van der Waals surface area contributed by atoms with E-state index in [2.05, 4.69) is 27.8 Å². The number of hydrogen-bond acceptors (Lipinski definition) is 4. The summed E-state index contributed by atoms with van der Waals surface area (Å²) in [4.78, 5) is 27.9. The summed E-state index contributed by atoms with van der Waals surface area (Å²) in [5, 5.41) is 8.74. The van der Waals surface area contributed by atoms with Gasteiger partial charge in [-0.05, 0) is 74.9 Å². The van der Waals surface area contributed by atoms with Gasteiger partial charge in [0, 0.05) is 49.9 Å². The maximum atomic E-state index is 13.0. The van der Waals surface area contributed by atoms with Gasteiger partial charge in [0.05, 0.1) is 5.56 Å². The number of nitrogens with one attached hydrogen (secondary N) is 3. The van der Waals surface area contributed by atoms with Crippen molar-refractivity contribution in [3.8, 4) is 0 Å². The fourth-order valence-electron chi connectivity index (χ4n) is 3.98. The summed E-state index contributed by atoms with van der Waals surface area (Å²) in [6, 6.07) is 13.0. The summed E-state index contributed by atoms with van der Waals surface area (Å²) in [5.41, 5.74) is 3.98. The molecule has 7 heteroatoms. The van der Waals surface area contributed by atoms with Gasteiger partial charge in [-0.2, -0.15) is 0 Å². The molecule has 3 rings (SSSR count). The Labute approximate surface area is 196 Å². The summed E-state index contributed by atoms with van der Waals surface area (Å²) >= 11 is 0. The molecule has 3 N–H and O–H groups in total. The van der Waals surface area contributed by atoms with Gasteiger partial charge in [0.2, 0.25) is 0 Å². The molecule has 1 fully saturated rings. The Kier molecular flexibility index (Phi) is 9.57. The van der Waals surface area contributed by atoms with Crippen molar-refractivity contribution >= 4 is 29.0 Å². The molecule has 7 nitrogen and oxygen atoms in total. The Bertz CT molecular complexity index is 926. The van der Waals surface area contributed by atoms with Crippen molar-refractivity contribution in [2.75, 3.05) is 48.4 Å². The van der Waals surface area contributed by atoms with Gasteiger partial charge in [-0.15, -0.1) is 0 Å². The molecule has 0 bridgehead atoms. The van der Waals surface area contributed by atoms with Crippen molar-refractivity contribution in [2.45, 2.75) is 46.0 Å². The first-order chi connectivity index (χ1) is 16.1. The van der Waals surface area contributed by atoms with E-state index < -0.39 is 0 Å². The van der Waals surface area contributed by atoms with Gasteiger partial charge < -0.3 is 25.6 Å². The summed E-state index contributed by atoms with van der Waals surface area (Å²) in [5.74, 6) is -0.133. The molecule has 0 atom stereocenters. The zero-order valence-corrected chi connectivity index (χ0v) is 19.8. The van der Waals surface area contributed by atoms with Crippen LogP contribution in [0.3, 0.4) is 0 Å². The second kappa shape index (κ2) is 12.8. The van der Waals surface area contributed by atoms with Crippen molar-refractivity contribution in [2.24, 2.45) is 0 Å². The molecule has 33 heavy (non-hydrogen) atoms. The van der Waals surface area contributed by atoms with Crippen molar-refractivity contribution in [1.29, 1.82) is 0 Å². The highest BCUT2D eigenvalue weighted by molar-refractivity contribution is 6.04. The molecule has 0 spiro atoms. The normalized spacial score (nSPS) is 13.5. The van der Waals surface area contributed by atoms with Gasteiger partial charge in [-0.1, -0.05) is 19.1 Å². The number of urea groups is 1. The first-order valence-corrected chi connectivity index (χ1v) is 12.0. The number of rotatable bonds is 10. The van der Waals surface area contributed by atoms with E-state index in [0.29, 0.717) is 31.0 Å². The standard InChI is InChI=1S/C26H36N4O3/c1-3-20-10-8-11-21(18-20)28-26(32)29-22-12-13-24(30-15-6-5-7-16-30)23(19-22)25(31)27-14-9-17-33-4-2/h8,10-13,18-19H,3-7,9,14-17H2,1-2H3,(H,27,31)(H2,28,29,32). The predicted molar refractivity (Wildman–Crippen MR) is 134 cm³/mol. The van der Waals surface area contributed by atoms with Crippen LogP contribution in [0.4, 0.5) is 21.9 Å². The Hall–Kier alpha value is -3.06. The Morgan fingerprint density at radius 1 is 0.970 bits per heavy atom. The van der Waals surface area contributed by atoms with E-state index in [4.69, 9.17) is 4.74 Å². The smallest absolute Gasteiger partial charge is 0.323 e. The minimum Gasteiger partial charge on any atom is -0.382 e. The molecule has 1 aliphatic rings. The van der Waals surface area contributed by atoms with Gasteiger partial charge in [-0.3, -0.25) is 4.79 Å². The molecule has 2 aromatic carbocycles. The third kappa shape index (κ3) is 7.49. The van der Waals surface area contributed by atoms with Gasteiger partial charge in [0.1, 0.15) is 0 Å². The average Bonchev–Trinajstić information content (AvgIpc) is 2.84. The SMILES string of the molecule is CCOCCCNC(=O)c1cc(NC(=O)Nc2cccc(CC)c2)ccc1N1CCCCC1. The lowest BCUT2D eigenvalue weighted by molar-refractivity contribution is 0.0944. The molecule has 0 unspecified atom stereocenters. The molecule has 2 aromatic rings. The summed E-state index contributed by atoms with van der Waals surface area (Å²) < 4.78 is 5.35. The van der Waals surface area contributed by atoms with E-state index in [0.717, 1.165) is 55.7 Å². The minimum absolute atomic E-state index is 0.133. The van der Waals surface area contributed by atoms with E-state index >= 15 is 0 Å². The number of aryl methyl sites for hydroxylation is 1. The Morgan fingerprint density at radius 3 is 2.45 bits per heavy atom. The molecule has 1 saturated heterocycles. The van der Waals surface area contributed by atoms with Gasteiger partial charge in [0.25, 0.3) is 5.91 Å². The van der Waals surface area contributed by atoms with Crippen LogP contribution in [0.5, 0.6) is 0 Å². The number of hydrogen-bond donors (Lipinski definition) is 3. The third-order valence-corrected chi connectivity index (χ3v) is 5.74. The highest BCUT2D eigenvalue weighted by atomic mass is 16.5. The second-order valence-electron chi connectivity index (χ2n) is 8.22. The highest BCUT2D eigenvalue weighted by Crippen LogP contribution is 2.27. The number of carbonyl (C=O) groups excluding carboxylic acids is 2. The molecule has 3 amide bonds. The first kappa shape index (κ1) is 24.6. The number of nitrogens with zero attached hydrogens (tertiary/aromatic N) is 1. The molecule has 0 aromatic heterocycles. The van der Waals surface area contributed by atoms with Crippen LogP contribution in [-0.2, 0) is 11.2 Å². The fourth-order valence-corrected chi connectivity index (χ4v) is 3.98. The van der Waals surface area contributed by atoms with Crippen LogP contribution in [-0.4, -0.2) is 44.8 Å². The van der Waals surface area contributed by atoms with Crippen LogP contribution in [0.25, 0.3) is 0 Å². The van der Waals surface area contributed by atoms with Crippen LogP contribution < -0.4 is 20.9 Å². The molecule has 0 radical (unpaired) electrons.